The van der Waals surface area contributed by atoms with Gasteiger partial charge in [0.25, 0.3) is 5.91 Å². The maximum atomic E-state index is 12.0. The van der Waals surface area contributed by atoms with Gasteiger partial charge in [-0.05, 0) is 0 Å². The average Bonchev–Trinajstić information content (AvgIpc) is 2.39. The van der Waals surface area contributed by atoms with Crippen molar-refractivity contribution in [3.63, 3.8) is 0 Å². The Morgan fingerprint density at radius 2 is 2.18 bits per heavy atom. The third-order valence-corrected chi connectivity index (χ3v) is 2.15. The van der Waals surface area contributed by atoms with Gasteiger partial charge < -0.3 is 9.64 Å². The van der Waals surface area contributed by atoms with E-state index in [0.29, 0.717) is 31.7 Å². The molecule has 1 rings (SSSR count). The van der Waals surface area contributed by atoms with Crippen LogP contribution in [0.2, 0.25) is 0 Å². The molecule has 90 valence electrons. The van der Waals surface area contributed by atoms with Crippen LogP contribution in [0.15, 0.2) is 18.7 Å². The number of rotatable bonds is 6. The van der Waals surface area contributed by atoms with Crippen LogP contribution in [0.3, 0.4) is 0 Å². The molecule has 1 aromatic rings. The van der Waals surface area contributed by atoms with Gasteiger partial charge in [0, 0.05) is 32.6 Å². The van der Waals surface area contributed by atoms with E-state index in [1.165, 1.54) is 18.7 Å². The highest BCUT2D eigenvalue weighted by Gasteiger charge is 2.15. The number of nitrogens with zero attached hydrogens (tertiary/aromatic N) is 4. The van der Waals surface area contributed by atoms with Crippen molar-refractivity contribution < 1.29 is 9.53 Å². The van der Waals surface area contributed by atoms with Crippen LogP contribution < -0.4 is 0 Å². The van der Waals surface area contributed by atoms with E-state index in [9.17, 15) is 4.79 Å². The zero-order chi connectivity index (χ0) is 12.5. The molecule has 0 aliphatic heterocycles. The third-order valence-electron chi connectivity index (χ3n) is 2.15. The number of hydrogen-bond acceptors (Lipinski definition) is 5. The number of ether oxygens (including phenoxy) is 1. The molecule has 1 aromatic heterocycles. The molecule has 1 heterocycles. The van der Waals surface area contributed by atoms with Gasteiger partial charge in [0.1, 0.15) is 6.33 Å². The van der Waals surface area contributed by atoms with Crippen LogP contribution in [-0.2, 0) is 4.74 Å². The molecule has 6 heteroatoms. The number of hydrogen-bond donors (Lipinski definition) is 0. The van der Waals surface area contributed by atoms with E-state index in [1.54, 1.807) is 12.0 Å². The summed E-state index contributed by atoms with van der Waals surface area (Å²) in [6, 6.07) is 2.01. The fourth-order valence-electron chi connectivity index (χ4n) is 1.29. The summed E-state index contributed by atoms with van der Waals surface area (Å²) in [7, 11) is 1.57. The summed E-state index contributed by atoms with van der Waals surface area (Å²) in [4.78, 5) is 21.2. The number of nitriles is 1. The Bertz CT molecular complexity index is 388. The lowest BCUT2D eigenvalue weighted by Crippen LogP contribution is -2.34. The molecule has 0 spiro atoms. The van der Waals surface area contributed by atoms with Crippen molar-refractivity contribution in [3.05, 3.63) is 24.3 Å². The SMILES string of the molecule is COCCN(CCC#N)C(=O)c1cncnc1. The average molecular weight is 234 g/mol. The summed E-state index contributed by atoms with van der Waals surface area (Å²) in [5.41, 5.74) is 0.418. The van der Waals surface area contributed by atoms with Crippen LogP contribution in [-0.4, -0.2) is 47.6 Å². The molecule has 0 fully saturated rings. The summed E-state index contributed by atoms with van der Waals surface area (Å²) in [5, 5.41) is 8.55. The Morgan fingerprint density at radius 3 is 2.76 bits per heavy atom. The van der Waals surface area contributed by atoms with E-state index in [0.717, 1.165) is 0 Å². The van der Waals surface area contributed by atoms with E-state index < -0.39 is 0 Å². The lowest BCUT2D eigenvalue weighted by molar-refractivity contribution is 0.0699. The van der Waals surface area contributed by atoms with E-state index in [4.69, 9.17) is 10.00 Å². The van der Waals surface area contributed by atoms with Crippen molar-refractivity contribution in [2.45, 2.75) is 6.42 Å². The molecule has 6 nitrogen and oxygen atoms in total. The summed E-state index contributed by atoms with van der Waals surface area (Å²) in [6.07, 6.45) is 4.58. The number of aromatic nitrogens is 2. The molecule has 1 amide bonds. The standard InChI is InChI=1S/C11H14N4O2/c1-17-6-5-15(4-2-3-12)11(16)10-7-13-9-14-8-10/h7-9H,2,4-6H2,1H3. The molecule has 0 saturated carbocycles. The first kappa shape index (κ1) is 13.1. The molecule has 0 aromatic carbocycles. The molecule has 17 heavy (non-hydrogen) atoms. The first-order valence-corrected chi connectivity index (χ1v) is 5.19. The number of carbonyl (C=O) groups is 1. The molecular formula is C11H14N4O2. The second-order valence-electron chi connectivity index (χ2n) is 3.32. The fourth-order valence-corrected chi connectivity index (χ4v) is 1.29. The maximum absolute atomic E-state index is 12.0. The van der Waals surface area contributed by atoms with Crippen LogP contribution in [0.4, 0.5) is 0 Å². The maximum Gasteiger partial charge on any atom is 0.257 e. The first-order valence-electron chi connectivity index (χ1n) is 5.19. The Balaban J connectivity index is 2.68. The zero-order valence-corrected chi connectivity index (χ0v) is 9.67. The summed E-state index contributed by atoms with van der Waals surface area (Å²) >= 11 is 0. The minimum absolute atomic E-state index is 0.182. The predicted molar refractivity (Wildman–Crippen MR) is 60.0 cm³/mol. The van der Waals surface area contributed by atoms with Gasteiger partial charge in [-0.1, -0.05) is 0 Å². The lowest BCUT2D eigenvalue weighted by atomic mass is 10.2. The third kappa shape index (κ3) is 4.17. The van der Waals surface area contributed by atoms with Crippen molar-refractivity contribution in [3.8, 4) is 6.07 Å². The smallest absolute Gasteiger partial charge is 0.257 e. The molecule has 0 N–H and O–H groups in total. The normalized spacial score (nSPS) is 9.65. The van der Waals surface area contributed by atoms with Crippen LogP contribution in [0.25, 0.3) is 0 Å². The molecule has 0 atom stereocenters. The largest absolute Gasteiger partial charge is 0.383 e. The van der Waals surface area contributed by atoms with Crippen LogP contribution in [0.5, 0.6) is 0 Å². The van der Waals surface area contributed by atoms with Crippen molar-refractivity contribution in [1.29, 1.82) is 5.26 Å². The van der Waals surface area contributed by atoms with Gasteiger partial charge in [-0.15, -0.1) is 0 Å². The monoisotopic (exact) mass is 234 g/mol. The first-order chi connectivity index (χ1) is 8.29. The van der Waals surface area contributed by atoms with Crippen molar-refractivity contribution in [2.75, 3.05) is 26.8 Å². The zero-order valence-electron chi connectivity index (χ0n) is 9.67. The molecule has 0 unspecified atom stereocenters. The Kier molecular flexibility index (Phi) is 5.61. The topological polar surface area (TPSA) is 79.1 Å². The highest BCUT2D eigenvalue weighted by atomic mass is 16.5. The molecule has 0 saturated heterocycles. The quantitative estimate of drug-likeness (QED) is 0.715. The van der Waals surface area contributed by atoms with Gasteiger partial charge in [0.2, 0.25) is 0 Å². The number of methoxy groups -OCH3 is 1. The van der Waals surface area contributed by atoms with Gasteiger partial charge in [-0.3, -0.25) is 4.79 Å². The van der Waals surface area contributed by atoms with Gasteiger partial charge in [0.15, 0.2) is 0 Å². The van der Waals surface area contributed by atoms with Crippen LogP contribution in [0.1, 0.15) is 16.8 Å². The number of amides is 1. The second kappa shape index (κ2) is 7.30. The highest BCUT2D eigenvalue weighted by Crippen LogP contribution is 2.02. The van der Waals surface area contributed by atoms with E-state index in [2.05, 4.69) is 9.97 Å². The Morgan fingerprint density at radius 1 is 1.47 bits per heavy atom. The molecule has 0 aliphatic rings. The molecule has 0 bridgehead atoms. The number of carbonyl (C=O) groups excluding carboxylic acids is 1. The van der Waals surface area contributed by atoms with Crippen molar-refractivity contribution in [2.24, 2.45) is 0 Å². The molecular weight excluding hydrogens is 220 g/mol. The van der Waals surface area contributed by atoms with Gasteiger partial charge in [-0.2, -0.15) is 5.26 Å². The fraction of sp³-hybridized carbons (Fsp3) is 0.455. The van der Waals surface area contributed by atoms with Crippen LogP contribution in [0, 0.1) is 11.3 Å². The lowest BCUT2D eigenvalue weighted by Gasteiger charge is -2.20. The Hall–Kier alpha value is -2.00. The van der Waals surface area contributed by atoms with Crippen LogP contribution >= 0.6 is 0 Å². The van der Waals surface area contributed by atoms with Gasteiger partial charge in [0.05, 0.1) is 24.7 Å². The second-order valence-corrected chi connectivity index (χ2v) is 3.32. The minimum atomic E-state index is -0.182. The Labute approximate surface area is 99.9 Å². The summed E-state index contributed by atoms with van der Waals surface area (Å²) < 4.78 is 4.93. The summed E-state index contributed by atoms with van der Waals surface area (Å²) in [6.45, 7) is 1.27. The predicted octanol–water partition coefficient (Wildman–Crippen LogP) is 0.479. The summed E-state index contributed by atoms with van der Waals surface area (Å²) in [5.74, 6) is -0.182. The molecule has 0 aliphatic carbocycles. The van der Waals surface area contributed by atoms with Gasteiger partial charge in [-0.25, -0.2) is 9.97 Å². The van der Waals surface area contributed by atoms with Crippen molar-refractivity contribution in [1.82, 2.24) is 14.9 Å². The minimum Gasteiger partial charge on any atom is -0.383 e. The molecule has 0 radical (unpaired) electrons. The van der Waals surface area contributed by atoms with Crippen molar-refractivity contribution >= 4 is 5.91 Å². The van der Waals surface area contributed by atoms with E-state index in [-0.39, 0.29) is 5.91 Å². The van der Waals surface area contributed by atoms with Gasteiger partial charge >= 0.3 is 0 Å². The van der Waals surface area contributed by atoms with E-state index >= 15 is 0 Å². The highest BCUT2D eigenvalue weighted by molar-refractivity contribution is 5.93. The van der Waals surface area contributed by atoms with E-state index in [1.807, 2.05) is 6.07 Å².